The number of hydrogen-bond donors (Lipinski definition) is 2. The van der Waals surface area contributed by atoms with Crippen LogP contribution in [0, 0.1) is 11.8 Å². The molecule has 1 aliphatic carbocycles. The molecule has 1 fully saturated rings. The Kier molecular flexibility index (Phi) is 8.19. The lowest BCUT2D eigenvalue weighted by molar-refractivity contribution is -0.121. The molecule has 4 rings (SSSR count). The van der Waals surface area contributed by atoms with E-state index < -0.39 is 0 Å². The van der Waals surface area contributed by atoms with Crippen LogP contribution in [-0.4, -0.2) is 38.7 Å². The van der Waals surface area contributed by atoms with Gasteiger partial charge in [-0.25, -0.2) is 4.79 Å². The molecule has 2 N–H and O–H groups in total. The van der Waals surface area contributed by atoms with Crippen LogP contribution in [0.2, 0.25) is 0 Å². The van der Waals surface area contributed by atoms with Crippen LogP contribution in [0.15, 0.2) is 24.3 Å². The van der Waals surface area contributed by atoms with Gasteiger partial charge in [-0.2, -0.15) is 0 Å². The van der Waals surface area contributed by atoms with Gasteiger partial charge in [0.25, 0.3) is 0 Å². The minimum absolute atomic E-state index is 0.124. The first-order chi connectivity index (χ1) is 16.5. The van der Waals surface area contributed by atoms with Crippen LogP contribution < -0.4 is 10.6 Å². The van der Waals surface area contributed by atoms with Crippen molar-refractivity contribution in [1.82, 2.24) is 25.0 Å². The minimum atomic E-state index is -0.151. The third kappa shape index (κ3) is 6.15. The zero-order valence-electron chi connectivity index (χ0n) is 20.6. The van der Waals surface area contributed by atoms with Crippen LogP contribution >= 0.6 is 0 Å². The molecule has 1 saturated carbocycles. The van der Waals surface area contributed by atoms with Crippen molar-refractivity contribution in [2.24, 2.45) is 11.8 Å². The highest BCUT2D eigenvalue weighted by atomic mass is 16.2. The predicted molar refractivity (Wildman–Crippen MR) is 132 cm³/mol. The van der Waals surface area contributed by atoms with Crippen molar-refractivity contribution in [2.45, 2.75) is 84.3 Å². The van der Waals surface area contributed by atoms with E-state index >= 15 is 0 Å². The summed E-state index contributed by atoms with van der Waals surface area (Å²) in [4.78, 5) is 26.8. The molecule has 0 atom stereocenters. The molecule has 2 aromatic rings. The van der Waals surface area contributed by atoms with Crippen LogP contribution in [0.25, 0.3) is 0 Å². The highest BCUT2D eigenvalue weighted by Crippen LogP contribution is 2.32. The number of anilines is 1. The summed E-state index contributed by atoms with van der Waals surface area (Å²) in [6.07, 6.45) is 10.2. The monoisotopic (exact) mass is 466 g/mol. The third-order valence-corrected chi connectivity index (χ3v) is 7.26. The summed E-state index contributed by atoms with van der Waals surface area (Å²) >= 11 is 0. The van der Waals surface area contributed by atoms with Gasteiger partial charge in [-0.3, -0.25) is 4.79 Å². The fourth-order valence-electron chi connectivity index (χ4n) is 5.08. The maximum Gasteiger partial charge on any atom is 0.317 e. The van der Waals surface area contributed by atoms with Crippen LogP contribution in [-0.2, 0) is 30.8 Å². The number of aromatic nitrogens is 3. The normalized spacial score (nSPS) is 19.5. The summed E-state index contributed by atoms with van der Waals surface area (Å²) < 4.78 is 2.11. The van der Waals surface area contributed by atoms with Gasteiger partial charge in [0.05, 0.1) is 6.54 Å². The van der Waals surface area contributed by atoms with Crippen molar-refractivity contribution in [3.8, 4) is 0 Å². The number of unbranched alkanes of at least 4 members (excludes halogenated alkanes) is 1. The number of nitrogens with zero attached hydrogens (tertiary/aromatic N) is 4. The summed E-state index contributed by atoms with van der Waals surface area (Å²) in [6.45, 7) is 4.03. The average Bonchev–Trinajstić information content (AvgIpc) is 3.47. The third-order valence-electron chi connectivity index (χ3n) is 7.26. The van der Waals surface area contributed by atoms with Crippen LogP contribution in [0.4, 0.5) is 10.5 Å². The topological polar surface area (TPSA) is 92.2 Å². The molecule has 34 heavy (non-hydrogen) atoms. The van der Waals surface area contributed by atoms with Crippen molar-refractivity contribution >= 4 is 17.6 Å². The second kappa shape index (κ2) is 11.5. The van der Waals surface area contributed by atoms with Crippen LogP contribution in [0.3, 0.4) is 0 Å². The molecule has 0 bridgehead atoms. The number of urea groups is 1. The molecule has 1 aliphatic heterocycles. The van der Waals surface area contributed by atoms with Gasteiger partial charge in [0, 0.05) is 38.2 Å². The molecule has 0 spiro atoms. The zero-order valence-corrected chi connectivity index (χ0v) is 20.6. The van der Waals surface area contributed by atoms with Gasteiger partial charge in [-0.15, -0.1) is 10.2 Å². The van der Waals surface area contributed by atoms with Gasteiger partial charge in [-0.05, 0) is 55.7 Å². The van der Waals surface area contributed by atoms with Gasteiger partial charge < -0.3 is 20.1 Å². The number of fused-ring (bicyclic) bond motifs is 1. The van der Waals surface area contributed by atoms with Crippen molar-refractivity contribution < 1.29 is 9.59 Å². The van der Waals surface area contributed by atoms with Crippen molar-refractivity contribution in [2.75, 3.05) is 12.4 Å². The summed E-state index contributed by atoms with van der Waals surface area (Å²) in [5, 5.41) is 14.4. The van der Waals surface area contributed by atoms with Crippen LogP contribution in [0.5, 0.6) is 0 Å². The lowest BCUT2D eigenvalue weighted by Gasteiger charge is -2.27. The summed E-state index contributed by atoms with van der Waals surface area (Å²) in [7, 11) is 1.77. The molecule has 3 amide bonds. The van der Waals surface area contributed by atoms with Crippen molar-refractivity contribution in [3.63, 3.8) is 0 Å². The van der Waals surface area contributed by atoms with Gasteiger partial charge >= 0.3 is 6.03 Å². The number of carbonyl (C=O) groups is 2. The zero-order chi connectivity index (χ0) is 23.9. The highest BCUT2D eigenvalue weighted by molar-refractivity contribution is 5.92. The molecule has 1 aromatic carbocycles. The van der Waals surface area contributed by atoms with Crippen molar-refractivity contribution in [1.29, 1.82) is 0 Å². The highest BCUT2D eigenvalue weighted by Gasteiger charge is 2.26. The Labute approximate surface area is 202 Å². The minimum Gasteiger partial charge on any atom is -0.334 e. The van der Waals surface area contributed by atoms with E-state index in [2.05, 4.69) is 32.3 Å². The van der Waals surface area contributed by atoms with Gasteiger partial charge in [-0.1, -0.05) is 38.3 Å². The fourth-order valence-corrected chi connectivity index (χ4v) is 5.08. The number of carbonyl (C=O) groups excluding carboxylic acids is 2. The number of nitrogens with one attached hydrogen (secondary N) is 2. The quantitative estimate of drug-likeness (QED) is 0.569. The molecule has 184 valence electrons. The van der Waals surface area contributed by atoms with Gasteiger partial charge in [0.2, 0.25) is 5.91 Å². The molecule has 0 unspecified atom stereocenters. The number of aryl methyl sites for hydroxylation is 1. The molecular formula is C26H38N6O2. The van der Waals surface area contributed by atoms with E-state index in [1.165, 1.54) is 32.1 Å². The van der Waals surface area contributed by atoms with Crippen LogP contribution in [0.1, 0.15) is 75.5 Å². The lowest BCUT2D eigenvalue weighted by Crippen LogP contribution is -2.37. The Balaban J connectivity index is 1.19. The second-order valence-electron chi connectivity index (χ2n) is 9.85. The Hall–Kier alpha value is -2.90. The first kappa shape index (κ1) is 24.2. The molecule has 8 nitrogen and oxygen atoms in total. The second-order valence-corrected chi connectivity index (χ2v) is 9.85. The molecular weight excluding hydrogens is 428 g/mol. The Morgan fingerprint density at radius 3 is 2.62 bits per heavy atom. The molecule has 0 saturated heterocycles. The Morgan fingerprint density at radius 1 is 1.12 bits per heavy atom. The number of hydrogen-bond acceptors (Lipinski definition) is 4. The maximum atomic E-state index is 12.7. The largest absolute Gasteiger partial charge is 0.334 e. The molecule has 1 aromatic heterocycles. The predicted octanol–water partition coefficient (Wildman–Crippen LogP) is 4.50. The Morgan fingerprint density at radius 2 is 1.88 bits per heavy atom. The van der Waals surface area contributed by atoms with E-state index in [-0.39, 0.29) is 17.9 Å². The van der Waals surface area contributed by atoms with E-state index in [4.69, 9.17) is 0 Å². The molecule has 8 heteroatoms. The van der Waals surface area contributed by atoms with E-state index in [0.717, 1.165) is 61.0 Å². The molecule has 0 radical (unpaired) electrons. The smallest absolute Gasteiger partial charge is 0.317 e. The summed E-state index contributed by atoms with van der Waals surface area (Å²) in [5.41, 5.74) is 1.80. The van der Waals surface area contributed by atoms with Crippen molar-refractivity contribution in [3.05, 3.63) is 41.5 Å². The number of amides is 3. The lowest BCUT2D eigenvalue weighted by atomic mass is 9.79. The SMILES string of the molecule is CCCCC1CCC(C(=O)Nc2ccc(CNC(=O)N(C)Cc3nnc4n3CCC4)cc2)CC1. The summed E-state index contributed by atoms with van der Waals surface area (Å²) in [5.74, 6) is 2.90. The van der Waals surface area contributed by atoms with E-state index in [1.807, 2.05) is 24.3 Å². The van der Waals surface area contributed by atoms with Gasteiger partial charge in [0.1, 0.15) is 5.82 Å². The summed E-state index contributed by atoms with van der Waals surface area (Å²) in [6, 6.07) is 7.57. The van der Waals surface area contributed by atoms with E-state index in [0.29, 0.717) is 13.1 Å². The molecule has 2 heterocycles. The van der Waals surface area contributed by atoms with Gasteiger partial charge in [0.15, 0.2) is 5.82 Å². The first-order valence-corrected chi connectivity index (χ1v) is 12.8. The van der Waals surface area contributed by atoms with E-state index in [1.54, 1.807) is 11.9 Å². The number of benzene rings is 1. The Bertz CT molecular complexity index is 962. The standard InChI is InChI=1S/C26H38N6O2/c1-3-4-6-19-8-12-21(13-9-19)25(33)28-22-14-10-20(11-15-22)17-27-26(34)31(2)18-24-30-29-23-7-5-16-32(23)24/h10-11,14-15,19,21H,3-9,12-13,16-18H2,1-2H3,(H,27,34)(H,28,33). The molecule has 2 aliphatic rings. The average molecular weight is 467 g/mol. The number of rotatable bonds is 9. The first-order valence-electron chi connectivity index (χ1n) is 12.8. The maximum absolute atomic E-state index is 12.7. The van der Waals surface area contributed by atoms with E-state index in [9.17, 15) is 9.59 Å². The fraction of sp³-hybridized carbons (Fsp3) is 0.615.